The molecule has 8 heteroatoms. The second-order valence-corrected chi connectivity index (χ2v) is 8.54. The van der Waals surface area contributed by atoms with Gasteiger partial charge in [0, 0.05) is 11.4 Å². The van der Waals surface area contributed by atoms with E-state index in [2.05, 4.69) is 17.2 Å². The van der Waals surface area contributed by atoms with Gasteiger partial charge in [-0.15, -0.1) is 16.4 Å². The maximum Gasteiger partial charge on any atom is 0.278 e. The molecule has 5 rings (SSSR count). The maximum absolute atomic E-state index is 13.0. The summed E-state index contributed by atoms with van der Waals surface area (Å²) in [5.41, 5.74) is 1.73. The Balaban J connectivity index is 1.44. The van der Waals surface area contributed by atoms with Crippen LogP contribution in [0.1, 0.15) is 44.5 Å². The van der Waals surface area contributed by atoms with Gasteiger partial charge in [-0.3, -0.25) is 19.3 Å². The van der Waals surface area contributed by atoms with Crippen molar-refractivity contribution < 1.29 is 9.59 Å². The molecule has 0 saturated heterocycles. The van der Waals surface area contributed by atoms with Crippen LogP contribution in [-0.4, -0.2) is 38.3 Å². The van der Waals surface area contributed by atoms with E-state index in [1.165, 1.54) is 14.5 Å². The minimum Gasteiger partial charge on any atom is -0.272 e. The summed E-state index contributed by atoms with van der Waals surface area (Å²) >= 11 is 1.56. The standard InChI is InChI=1S/C20H18N4O3S/c1-11-6-7-14-15(10-11)28-17-16(14)20(27)24(22-21-17)9-8-23-18(25)12-4-2-3-5-13(12)19(23)26/h2-5,11H,6-10H2,1H3. The van der Waals surface area contributed by atoms with E-state index in [4.69, 9.17) is 0 Å². The molecule has 0 saturated carbocycles. The minimum atomic E-state index is -0.329. The number of hydrogen-bond acceptors (Lipinski definition) is 6. The van der Waals surface area contributed by atoms with Crippen molar-refractivity contribution in [1.29, 1.82) is 0 Å². The molecule has 3 heterocycles. The summed E-state index contributed by atoms with van der Waals surface area (Å²) in [6.45, 7) is 2.45. The van der Waals surface area contributed by atoms with Crippen molar-refractivity contribution in [3.8, 4) is 0 Å². The number of carbonyl (C=O) groups excluding carboxylic acids is 2. The minimum absolute atomic E-state index is 0.0931. The third-order valence-corrected chi connectivity index (χ3v) is 6.74. The van der Waals surface area contributed by atoms with E-state index >= 15 is 0 Å². The summed E-state index contributed by atoms with van der Waals surface area (Å²) < 4.78 is 1.27. The van der Waals surface area contributed by atoms with Gasteiger partial charge in [-0.25, -0.2) is 4.68 Å². The number of fused-ring (bicyclic) bond motifs is 4. The average Bonchev–Trinajstić information content (AvgIpc) is 3.17. The number of imide groups is 1. The van der Waals surface area contributed by atoms with Gasteiger partial charge in [0.1, 0.15) is 0 Å². The molecule has 2 aliphatic rings. The van der Waals surface area contributed by atoms with Crippen LogP contribution < -0.4 is 5.56 Å². The van der Waals surface area contributed by atoms with Crippen LogP contribution in [0, 0.1) is 5.92 Å². The normalized spacial score (nSPS) is 18.6. The number of nitrogens with zero attached hydrogens (tertiary/aromatic N) is 4. The van der Waals surface area contributed by atoms with Crippen molar-refractivity contribution in [3.05, 3.63) is 56.2 Å². The Hall–Kier alpha value is -2.87. The van der Waals surface area contributed by atoms with E-state index in [1.807, 2.05) is 0 Å². The largest absolute Gasteiger partial charge is 0.278 e. The summed E-state index contributed by atoms with van der Waals surface area (Å²) in [4.78, 5) is 41.1. The van der Waals surface area contributed by atoms with Crippen molar-refractivity contribution in [2.75, 3.05) is 6.54 Å². The molecule has 3 aromatic rings. The summed E-state index contributed by atoms with van der Waals surface area (Å²) in [5.74, 6) is -0.0428. The molecule has 1 aliphatic carbocycles. The second-order valence-electron chi connectivity index (χ2n) is 7.46. The molecule has 0 spiro atoms. The van der Waals surface area contributed by atoms with Crippen molar-refractivity contribution in [2.45, 2.75) is 32.7 Å². The van der Waals surface area contributed by atoms with Crippen LogP contribution in [-0.2, 0) is 19.4 Å². The van der Waals surface area contributed by atoms with Crippen LogP contribution in [0.25, 0.3) is 10.2 Å². The van der Waals surface area contributed by atoms with Gasteiger partial charge in [-0.1, -0.05) is 24.3 Å². The maximum atomic E-state index is 13.0. The van der Waals surface area contributed by atoms with Crippen LogP contribution in [0.2, 0.25) is 0 Å². The van der Waals surface area contributed by atoms with Gasteiger partial charge in [0.15, 0.2) is 4.83 Å². The molecule has 0 fully saturated rings. The zero-order valence-corrected chi connectivity index (χ0v) is 16.2. The highest BCUT2D eigenvalue weighted by Gasteiger charge is 2.35. The Kier molecular flexibility index (Phi) is 3.90. The fourth-order valence-corrected chi connectivity index (χ4v) is 5.39. The Morgan fingerprint density at radius 2 is 1.82 bits per heavy atom. The summed E-state index contributed by atoms with van der Waals surface area (Å²) in [6, 6.07) is 6.76. The van der Waals surface area contributed by atoms with Gasteiger partial charge in [-0.05, 0) is 42.9 Å². The zero-order valence-electron chi connectivity index (χ0n) is 15.3. The van der Waals surface area contributed by atoms with E-state index in [1.54, 1.807) is 35.6 Å². The van der Waals surface area contributed by atoms with E-state index in [0.29, 0.717) is 27.3 Å². The van der Waals surface area contributed by atoms with Crippen molar-refractivity contribution in [1.82, 2.24) is 19.9 Å². The predicted octanol–water partition coefficient (Wildman–Crippen LogP) is 2.27. The Bertz CT molecular complexity index is 1160. The molecular weight excluding hydrogens is 376 g/mol. The van der Waals surface area contributed by atoms with E-state index in [0.717, 1.165) is 24.8 Å². The number of hydrogen-bond donors (Lipinski definition) is 0. The Labute approximate surface area is 164 Å². The lowest BCUT2D eigenvalue weighted by molar-refractivity contribution is 0.0646. The first-order chi connectivity index (χ1) is 13.5. The number of aryl methyl sites for hydroxylation is 1. The van der Waals surface area contributed by atoms with Gasteiger partial charge in [0.05, 0.1) is 23.1 Å². The third kappa shape index (κ3) is 2.51. The molecule has 1 unspecified atom stereocenters. The number of carbonyl (C=O) groups is 2. The molecule has 1 atom stereocenters. The molecule has 2 amide bonds. The summed E-state index contributed by atoms with van der Waals surface area (Å²) in [6.07, 6.45) is 2.93. The fourth-order valence-electron chi connectivity index (χ4n) is 4.07. The quantitative estimate of drug-likeness (QED) is 0.636. The predicted molar refractivity (Wildman–Crippen MR) is 105 cm³/mol. The van der Waals surface area contributed by atoms with Gasteiger partial charge >= 0.3 is 0 Å². The first-order valence-electron chi connectivity index (χ1n) is 9.38. The summed E-state index contributed by atoms with van der Waals surface area (Å²) in [5, 5.41) is 8.94. The molecule has 0 radical (unpaired) electrons. The Morgan fingerprint density at radius 3 is 2.54 bits per heavy atom. The topological polar surface area (TPSA) is 85.2 Å². The number of benzene rings is 1. The third-order valence-electron chi connectivity index (χ3n) is 5.60. The monoisotopic (exact) mass is 394 g/mol. The van der Waals surface area contributed by atoms with E-state index in [9.17, 15) is 14.4 Å². The fraction of sp³-hybridized carbons (Fsp3) is 0.350. The van der Waals surface area contributed by atoms with Crippen LogP contribution >= 0.6 is 11.3 Å². The van der Waals surface area contributed by atoms with E-state index in [-0.39, 0.29) is 30.5 Å². The molecule has 28 heavy (non-hydrogen) atoms. The first-order valence-corrected chi connectivity index (χ1v) is 10.2. The van der Waals surface area contributed by atoms with Crippen molar-refractivity contribution in [2.24, 2.45) is 5.92 Å². The molecule has 2 aromatic heterocycles. The lowest BCUT2D eigenvalue weighted by Gasteiger charge is -2.17. The van der Waals surface area contributed by atoms with Crippen LogP contribution in [0.4, 0.5) is 0 Å². The highest BCUT2D eigenvalue weighted by molar-refractivity contribution is 7.18. The Morgan fingerprint density at radius 1 is 1.11 bits per heavy atom. The lowest BCUT2D eigenvalue weighted by atomic mass is 9.89. The average molecular weight is 394 g/mol. The van der Waals surface area contributed by atoms with Gasteiger partial charge in [0.2, 0.25) is 0 Å². The number of thiophene rings is 1. The SMILES string of the molecule is CC1CCc2c(sc3nnn(CCN4C(=O)c5ccccc5C4=O)c(=O)c23)C1. The molecule has 142 valence electrons. The van der Waals surface area contributed by atoms with Crippen LogP contribution in [0.15, 0.2) is 29.1 Å². The van der Waals surface area contributed by atoms with Crippen LogP contribution in [0.5, 0.6) is 0 Å². The number of amides is 2. The van der Waals surface area contributed by atoms with Gasteiger partial charge in [0.25, 0.3) is 17.4 Å². The molecule has 7 nitrogen and oxygen atoms in total. The summed E-state index contributed by atoms with van der Waals surface area (Å²) in [7, 11) is 0. The smallest absolute Gasteiger partial charge is 0.272 e. The zero-order chi connectivity index (χ0) is 19.4. The molecule has 0 bridgehead atoms. The van der Waals surface area contributed by atoms with Gasteiger partial charge in [-0.2, -0.15) is 0 Å². The number of rotatable bonds is 3. The van der Waals surface area contributed by atoms with E-state index < -0.39 is 0 Å². The number of aromatic nitrogens is 3. The molecular formula is C20H18N4O3S. The van der Waals surface area contributed by atoms with Gasteiger partial charge < -0.3 is 0 Å². The van der Waals surface area contributed by atoms with Crippen molar-refractivity contribution in [3.63, 3.8) is 0 Å². The molecule has 0 N–H and O–H groups in total. The molecule has 1 aliphatic heterocycles. The van der Waals surface area contributed by atoms with Crippen LogP contribution in [0.3, 0.4) is 0 Å². The highest BCUT2D eigenvalue weighted by atomic mass is 32.1. The van der Waals surface area contributed by atoms with Crippen molar-refractivity contribution >= 4 is 33.4 Å². The second kappa shape index (κ2) is 6.34. The highest BCUT2D eigenvalue weighted by Crippen LogP contribution is 2.35. The lowest BCUT2D eigenvalue weighted by Crippen LogP contribution is -2.36. The molecule has 1 aromatic carbocycles. The first kappa shape index (κ1) is 17.2.